The molecule has 0 saturated heterocycles. The van der Waals surface area contributed by atoms with Crippen LogP contribution in [-0.2, 0) is 0 Å². The monoisotopic (exact) mass is 302 g/mol. The maximum Gasteiger partial charge on any atom is 0.287 e. The highest BCUT2D eigenvalue weighted by Crippen LogP contribution is 2.16. The predicted octanol–water partition coefficient (Wildman–Crippen LogP) is 2.56. The van der Waals surface area contributed by atoms with Gasteiger partial charge in [0, 0.05) is 17.3 Å². The lowest BCUT2D eigenvalue weighted by Crippen LogP contribution is -2.21. The Hall–Kier alpha value is -1.99. The van der Waals surface area contributed by atoms with Gasteiger partial charge in [-0.05, 0) is 42.7 Å². The summed E-state index contributed by atoms with van der Waals surface area (Å²) in [7, 11) is 0. The van der Waals surface area contributed by atoms with Gasteiger partial charge in [0.25, 0.3) is 5.56 Å². The first-order valence-electron chi connectivity index (χ1n) is 5.81. The molecule has 0 unspecified atom stereocenters. The Morgan fingerprint density at radius 2 is 1.90 bits per heavy atom. The van der Waals surface area contributed by atoms with Crippen LogP contribution in [0.1, 0.15) is 0 Å². The zero-order chi connectivity index (χ0) is 14.1. The van der Waals surface area contributed by atoms with Crippen molar-refractivity contribution in [1.29, 1.82) is 0 Å². The minimum Gasteiger partial charge on any atom is -0.315 e. The van der Waals surface area contributed by atoms with Gasteiger partial charge in [0.1, 0.15) is 0 Å². The standard InChI is InChI=1S/C13H10N4OS2/c1-20-9-4-2-8(3-5-9)17-12(18)10-11(16-13(17)19)15-7-6-14-10/h2-7H,1H3,(H,15,16,19). The third-order valence-electron chi connectivity index (χ3n) is 2.86. The molecule has 2 aromatic heterocycles. The van der Waals surface area contributed by atoms with Crippen molar-refractivity contribution in [3.05, 3.63) is 51.8 Å². The largest absolute Gasteiger partial charge is 0.315 e. The van der Waals surface area contributed by atoms with Crippen molar-refractivity contribution in [2.45, 2.75) is 4.90 Å². The third-order valence-corrected chi connectivity index (χ3v) is 3.89. The van der Waals surface area contributed by atoms with Crippen LogP contribution >= 0.6 is 24.0 Å². The van der Waals surface area contributed by atoms with E-state index in [1.807, 2.05) is 30.5 Å². The Balaban J connectivity index is 2.30. The molecule has 0 amide bonds. The second kappa shape index (κ2) is 5.18. The van der Waals surface area contributed by atoms with Crippen LogP contribution in [0.25, 0.3) is 16.9 Å². The van der Waals surface area contributed by atoms with Crippen LogP contribution in [0.2, 0.25) is 0 Å². The molecule has 3 aromatic rings. The van der Waals surface area contributed by atoms with Crippen molar-refractivity contribution in [2.75, 3.05) is 6.26 Å². The molecule has 5 nitrogen and oxygen atoms in total. The van der Waals surface area contributed by atoms with E-state index in [-0.39, 0.29) is 11.1 Å². The zero-order valence-electron chi connectivity index (χ0n) is 10.5. The molecule has 7 heteroatoms. The van der Waals surface area contributed by atoms with Gasteiger partial charge in [-0.2, -0.15) is 0 Å². The van der Waals surface area contributed by atoms with E-state index < -0.39 is 0 Å². The van der Waals surface area contributed by atoms with Gasteiger partial charge in [0.15, 0.2) is 15.9 Å². The number of benzene rings is 1. The van der Waals surface area contributed by atoms with E-state index in [0.29, 0.717) is 16.1 Å². The van der Waals surface area contributed by atoms with Crippen molar-refractivity contribution in [3.63, 3.8) is 0 Å². The molecule has 0 radical (unpaired) electrons. The van der Waals surface area contributed by atoms with Crippen LogP contribution in [0, 0.1) is 4.77 Å². The van der Waals surface area contributed by atoms with E-state index in [1.54, 1.807) is 11.8 Å². The topological polar surface area (TPSA) is 63.6 Å². The maximum atomic E-state index is 12.5. The summed E-state index contributed by atoms with van der Waals surface area (Å²) in [6, 6.07) is 7.61. The van der Waals surface area contributed by atoms with Crippen LogP contribution in [0.4, 0.5) is 0 Å². The summed E-state index contributed by atoms with van der Waals surface area (Å²) in [6.45, 7) is 0. The lowest BCUT2D eigenvalue weighted by atomic mass is 10.3. The lowest BCUT2D eigenvalue weighted by Gasteiger charge is -2.07. The molecule has 0 fully saturated rings. The molecule has 0 bridgehead atoms. The molecule has 1 aromatic carbocycles. The summed E-state index contributed by atoms with van der Waals surface area (Å²) in [5, 5.41) is 0. The fourth-order valence-electron chi connectivity index (χ4n) is 1.91. The number of thioether (sulfide) groups is 1. The molecule has 1 N–H and O–H groups in total. The first kappa shape index (κ1) is 13.0. The van der Waals surface area contributed by atoms with Crippen LogP contribution in [0.5, 0.6) is 0 Å². The molecule has 3 rings (SSSR count). The fourth-order valence-corrected chi connectivity index (χ4v) is 2.60. The van der Waals surface area contributed by atoms with Crippen molar-refractivity contribution in [1.82, 2.24) is 19.5 Å². The average Bonchev–Trinajstić information content (AvgIpc) is 2.48. The maximum absolute atomic E-state index is 12.5. The van der Waals surface area contributed by atoms with Crippen LogP contribution < -0.4 is 5.56 Å². The minimum absolute atomic E-state index is 0.270. The molecule has 2 heterocycles. The number of rotatable bonds is 2. The van der Waals surface area contributed by atoms with Crippen molar-refractivity contribution in [2.24, 2.45) is 0 Å². The van der Waals surface area contributed by atoms with Crippen LogP contribution in [0.3, 0.4) is 0 Å². The SMILES string of the molecule is CSc1ccc(-n2c(=S)[nH]c3nccnc3c2=O)cc1. The van der Waals surface area contributed by atoms with E-state index in [4.69, 9.17) is 12.2 Å². The van der Waals surface area contributed by atoms with Gasteiger partial charge in [0.2, 0.25) is 0 Å². The molecule has 100 valence electrons. The molecule has 20 heavy (non-hydrogen) atoms. The third kappa shape index (κ3) is 2.14. The van der Waals surface area contributed by atoms with E-state index in [9.17, 15) is 4.79 Å². The number of nitrogens with one attached hydrogen (secondary N) is 1. The second-order valence-corrected chi connectivity index (χ2v) is 5.29. The summed E-state index contributed by atoms with van der Waals surface area (Å²) in [6.07, 6.45) is 5.01. The van der Waals surface area contributed by atoms with Gasteiger partial charge in [-0.15, -0.1) is 11.8 Å². The van der Waals surface area contributed by atoms with Crippen molar-refractivity contribution < 1.29 is 0 Å². The molecule has 0 atom stereocenters. The Labute approximate surface area is 123 Å². The first-order valence-corrected chi connectivity index (χ1v) is 7.44. The number of H-pyrrole nitrogens is 1. The summed E-state index contributed by atoms with van der Waals surface area (Å²) in [4.78, 5) is 24.6. The summed E-state index contributed by atoms with van der Waals surface area (Å²) in [5.74, 6) is 0. The Morgan fingerprint density at radius 3 is 2.60 bits per heavy atom. The molecule has 0 aliphatic rings. The molecule has 0 saturated carbocycles. The summed E-state index contributed by atoms with van der Waals surface area (Å²) < 4.78 is 1.73. The minimum atomic E-state index is -0.270. The highest BCUT2D eigenvalue weighted by atomic mass is 32.2. The fraction of sp³-hybridized carbons (Fsp3) is 0.0769. The van der Waals surface area contributed by atoms with E-state index in [1.165, 1.54) is 17.0 Å². The molecular weight excluding hydrogens is 292 g/mol. The lowest BCUT2D eigenvalue weighted by molar-refractivity contribution is 0.923. The Bertz CT molecular complexity index is 883. The molecule has 0 aliphatic heterocycles. The van der Waals surface area contributed by atoms with E-state index >= 15 is 0 Å². The number of fused-ring (bicyclic) bond motifs is 1. The molecule has 0 aliphatic carbocycles. The number of hydrogen-bond acceptors (Lipinski definition) is 5. The van der Waals surface area contributed by atoms with E-state index in [0.717, 1.165) is 4.90 Å². The highest BCUT2D eigenvalue weighted by molar-refractivity contribution is 7.98. The summed E-state index contributed by atoms with van der Waals surface area (Å²) in [5.41, 5.74) is 1.12. The molecule has 0 spiro atoms. The van der Waals surface area contributed by atoms with Gasteiger partial charge in [-0.1, -0.05) is 0 Å². The Kier molecular flexibility index (Phi) is 3.37. The van der Waals surface area contributed by atoms with Gasteiger partial charge < -0.3 is 4.98 Å². The number of nitrogens with zero attached hydrogens (tertiary/aromatic N) is 3. The zero-order valence-corrected chi connectivity index (χ0v) is 12.2. The van der Waals surface area contributed by atoms with Gasteiger partial charge >= 0.3 is 0 Å². The van der Waals surface area contributed by atoms with E-state index in [2.05, 4.69) is 15.0 Å². The number of hydrogen-bond donors (Lipinski definition) is 1. The summed E-state index contributed by atoms with van der Waals surface area (Å²) >= 11 is 6.88. The highest BCUT2D eigenvalue weighted by Gasteiger charge is 2.08. The van der Waals surface area contributed by atoms with Crippen LogP contribution in [-0.4, -0.2) is 25.8 Å². The Morgan fingerprint density at radius 1 is 1.20 bits per heavy atom. The first-order chi connectivity index (χ1) is 9.70. The smallest absolute Gasteiger partial charge is 0.287 e. The van der Waals surface area contributed by atoms with Gasteiger partial charge in [-0.3, -0.25) is 9.36 Å². The normalized spacial score (nSPS) is 10.8. The second-order valence-electron chi connectivity index (χ2n) is 4.02. The number of aromatic nitrogens is 4. The van der Waals surface area contributed by atoms with Gasteiger partial charge in [0.05, 0.1) is 5.69 Å². The van der Waals surface area contributed by atoms with Crippen molar-refractivity contribution in [3.8, 4) is 5.69 Å². The van der Waals surface area contributed by atoms with Crippen LogP contribution in [0.15, 0.2) is 46.3 Å². The quantitative estimate of drug-likeness (QED) is 0.582. The van der Waals surface area contributed by atoms with Crippen molar-refractivity contribution >= 4 is 35.1 Å². The molecular formula is C13H10N4OS2. The average molecular weight is 302 g/mol. The van der Waals surface area contributed by atoms with Gasteiger partial charge in [-0.25, -0.2) is 9.97 Å². The predicted molar refractivity (Wildman–Crippen MR) is 82.1 cm³/mol. The number of aromatic amines is 1.